The number of hydrogen-bond acceptors (Lipinski definition) is 1. The number of alkyl halides is 1. The number of rotatable bonds is 2. The zero-order valence-corrected chi connectivity index (χ0v) is 8.38. The maximum Gasteiger partial charge on any atom is 0.129 e. The highest BCUT2D eigenvalue weighted by molar-refractivity contribution is 4.78. The highest BCUT2D eigenvalue weighted by Gasteiger charge is 2.34. The van der Waals surface area contributed by atoms with Gasteiger partial charge in [-0.25, -0.2) is 4.39 Å². The summed E-state index contributed by atoms with van der Waals surface area (Å²) in [4.78, 5) is 0. The number of hydrogen-bond donors (Lipinski definition) is 0. The van der Waals surface area contributed by atoms with Crippen LogP contribution in [0, 0.1) is 0 Å². The summed E-state index contributed by atoms with van der Waals surface area (Å²) in [5.41, 5.74) is 0. The first-order valence-electron chi connectivity index (χ1n) is 4.48. The SMILES string of the molecule is C[C@@H]1O[C@@H](C[N+](C)(C)C)C[C@H]1F. The monoisotopic (exact) mass is 176 g/mol. The van der Waals surface area contributed by atoms with Crippen molar-refractivity contribution in [1.29, 1.82) is 0 Å². The van der Waals surface area contributed by atoms with E-state index < -0.39 is 6.17 Å². The van der Waals surface area contributed by atoms with Crippen molar-refractivity contribution in [3.05, 3.63) is 0 Å². The van der Waals surface area contributed by atoms with Gasteiger partial charge < -0.3 is 9.22 Å². The molecular formula is C9H19FNO+. The van der Waals surface area contributed by atoms with Crippen LogP contribution in [0.3, 0.4) is 0 Å². The molecule has 1 rings (SSSR count). The van der Waals surface area contributed by atoms with Crippen molar-refractivity contribution in [2.45, 2.75) is 31.7 Å². The lowest BCUT2D eigenvalue weighted by atomic mass is 10.1. The zero-order chi connectivity index (χ0) is 9.35. The number of nitrogens with zero attached hydrogens (tertiary/aromatic N) is 1. The fourth-order valence-corrected chi connectivity index (χ4v) is 1.62. The van der Waals surface area contributed by atoms with E-state index in [0.29, 0.717) is 6.42 Å². The largest absolute Gasteiger partial charge is 0.366 e. The Morgan fingerprint density at radius 2 is 2.00 bits per heavy atom. The molecule has 0 aromatic carbocycles. The van der Waals surface area contributed by atoms with E-state index >= 15 is 0 Å². The summed E-state index contributed by atoms with van der Waals surface area (Å²) in [6, 6.07) is 0. The quantitative estimate of drug-likeness (QED) is 0.575. The van der Waals surface area contributed by atoms with Crippen molar-refractivity contribution in [2.24, 2.45) is 0 Å². The van der Waals surface area contributed by atoms with Gasteiger partial charge in [0.05, 0.1) is 27.2 Å². The van der Waals surface area contributed by atoms with Crippen molar-refractivity contribution < 1.29 is 13.6 Å². The molecule has 1 heterocycles. The molecule has 0 aromatic heterocycles. The molecule has 1 aliphatic rings. The highest BCUT2D eigenvalue weighted by atomic mass is 19.1. The van der Waals surface area contributed by atoms with Crippen LogP contribution in [0.1, 0.15) is 13.3 Å². The van der Waals surface area contributed by atoms with Crippen molar-refractivity contribution in [1.82, 2.24) is 0 Å². The van der Waals surface area contributed by atoms with Gasteiger partial charge in [0.2, 0.25) is 0 Å². The summed E-state index contributed by atoms with van der Waals surface area (Å²) in [6.07, 6.45) is -0.297. The first kappa shape index (κ1) is 9.93. The predicted octanol–water partition coefficient (Wildman–Crippen LogP) is 1.21. The van der Waals surface area contributed by atoms with Gasteiger partial charge in [-0.05, 0) is 6.92 Å². The van der Waals surface area contributed by atoms with Gasteiger partial charge in [-0.2, -0.15) is 0 Å². The van der Waals surface area contributed by atoms with Crippen LogP contribution in [-0.2, 0) is 4.74 Å². The maximum atomic E-state index is 13.0. The van der Waals surface area contributed by atoms with Crippen LogP contribution < -0.4 is 0 Å². The number of ether oxygens (including phenoxy) is 1. The van der Waals surface area contributed by atoms with Crippen molar-refractivity contribution >= 4 is 0 Å². The number of likely N-dealkylation sites (N-methyl/N-ethyl adjacent to an activating group) is 1. The molecule has 72 valence electrons. The molecule has 1 saturated heterocycles. The van der Waals surface area contributed by atoms with E-state index in [1.54, 1.807) is 6.92 Å². The Labute approximate surface area is 73.9 Å². The topological polar surface area (TPSA) is 9.23 Å². The van der Waals surface area contributed by atoms with Crippen LogP contribution in [0.15, 0.2) is 0 Å². The lowest BCUT2D eigenvalue weighted by Crippen LogP contribution is -2.41. The van der Waals surface area contributed by atoms with Gasteiger partial charge in [0.25, 0.3) is 0 Å². The Kier molecular flexibility index (Phi) is 2.74. The normalized spacial score (nSPS) is 37.2. The molecule has 3 heteroatoms. The van der Waals surface area contributed by atoms with Crippen LogP contribution in [0.4, 0.5) is 4.39 Å². The molecule has 0 N–H and O–H groups in total. The van der Waals surface area contributed by atoms with E-state index in [1.165, 1.54) is 0 Å². The fraction of sp³-hybridized carbons (Fsp3) is 1.00. The summed E-state index contributed by atoms with van der Waals surface area (Å²) in [5, 5.41) is 0. The van der Waals surface area contributed by atoms with Gasteiger partial charge >= 0.3 is 0 Å². The minimum absolute atomic E-state index is 0.106. The van der Waals surface area contributed by atoms with Gasteiger partial charge in [0.15, 0.2) is 0 Å². The Bertz CT molecular complexity index is 145. The Hall–Kier alpha value is -0.150. The molecular weight excluding hydrogens is 157 g/mol. The third-order valence-corrected chi connectivity index (χ3v) is 2.16. The molecule has 0 radical (unpaired) electrons. The standard InChI is InChI=1S/C9H19FNO/c1-7-9(10)5-8(12-7)6-11(2,3)4/h7-9H,5-6H2,1-4H3/q+1/t7-,8+,9+/m0/s1. The maximum absolute atomic E-state index is 13.0. The van der Waals surface area contributed by atoms with Crippen LogP contribution in [0.25, 0.3) is 0 Å². The van der Waals surface area contributed by atoms with E-state index in [0.717, 1.165) is 11.0 Å². The van der Waals surface area contributed by atoms with E-state index in [2.05, 4.69) is 21.1 Å². The van der Waals surface area contributed by atoms with Crippen LogP contribution in [0.5, 0.6) is 0 Å². The Morgan fingerprint density at radius 1 is 1.42 bits per heavy atom. The third-order valence-electron chi connectivity index (χ3n) is 2.16. The first-order chi connectivity index (χ1) is 5.38. The van der Waals surface area contributed by atoms with Gasteiger partial charge in [-0.1, -0.05) is 0 Å². The van der Waals surface area contributed by atoms with E-state index in [-0.39, 0.29) is 12.2 Å². The fourth-order valence-electron chi connectivity index (χ4n) is 1.62. The minimum atomic E-state index is -0.762. The minimum Gasteiger partial charge on any atom is -0.366 e. The smallest absolute Gasteiger partial charge is 0.129 e. The molecule has 0 spiro atoms. The van der Waals surface area contributed by atoms with Crippen molar-refractivity contribution in [3.63, 3.8) is 0 Å². The first-order valence-corrected chi connectivity index (χ1v) is 4.48. The van der Waals surface area contributed by atoms with Crippen molar-refractivity contribution in [2.75, 3.05) is 27.7 Å². The Morgan fingerprint density at radius 3 is 2.33 bits per heavy atom. The van der Waals surface area contributed by atoms with Gasteiger partial charge in [-0.3, -0.25) is 0 Å². The van der Waals surface area contributed by atoms with Crippen molar-refractivity contribution in [3.8, 4) is 0 Å². The van der Waals surface area contributed by atoms with E-state index in [1.807, 2.05) is 0 Å². The Balaban J connectivity index is 2.38. The highest BCUT2D eigenvalue weighted by Crippen LogP contribution is 2.23. The molecule has 2 nitrogen and oxygen atoms in total. The van der Waals surface area contributed by atoms with Gasteiger partial charge in [0.1, 0.15) is 18.8 Å². The summed E-state index contributed by atoms with van der Waals surface area (Å²) in [6.45, 7) is 2.70. The average molecular weight is 176 g/mol. The molecule has 0 unspecified atom stereocenters. The van der Waals surface area contributed by atoms with Crippen LogP contribution >= 0.6 is 0 Å². The second-order valence-corrected chi connectivity index (χ2v) is 4.69. The molecule has 12 heavy (non-hydrogen) atoms. The van der Waals surface area contributed by atoms with Gasteiger partial charge in [0, 0.05) is 6.42 Å². The lowest BCUT2D eigenvalue weighted by Gasteiger charge is -2.26. The summed E-state index contributed by atoms with van der Waals surface area (Å²) < 4.78 is 19.3. The van der Waals surface area contributed by atoms with Crippen LogP contribution in [-0.4, -0.2) is 50.6 Å². The third kappa shape index (κ3) is 2.72. The second kappa shape index (κ2) is 3.30. The van der Waals surface area contributed by atoms with E-state index in [9.17, 15) is 4.39 Å². The summed E-state index contributed by atoms with van der Waals surface area (Å²) in [5.74, 6) is 0. The number of halogens is 1. The lowest BCUT2D eigenvalue weighted by molar-refractivity contribution is -0.873. The van der Waals surface area contributed by atoms with Gasteiger partial charge in [-0.15, -0.1) is 0 Å². The molecule has 0 saturated carbocycles. The zero-order valence-electron chi connectivity index (χ0n) is 8.38. The van der Waals surface area contributed by atoms with E-state index in [4.69, 9.17) is 4.74 Å². The molecule has 1 aliphatic heterocycles. The molecule has 0 bridgehead atoms. The number of quaternary nitrogens is 1. The molecule has 0 amide bonds. The summed E-state index contributed by atoms with van der Waals surface area (Å²) >= 11 is 0. The molecule has 0 aromatic rings. The second-order valence-electron chi connectivity index (χ2n) is 4.69. The summed E-state index contributed by atoms with van der Waals surface area (Å²) in [7, 11) is 6.29. The molecule has 3 atom stereocenters. The average Bonchev–Trinajstić information content (AvgIpc) is 2.07. The predicted molar refractivity (Wildman–Crippen MR) is 46.7 cm³/mol. The molecule has 1 fully saturated rings. The van der Waals surface area contributed by atoms with Crippen LogP contribution in [0.2, 0.25) is 0 Å². The molecule has 0 aliphatic carbocycles.